The maximum Gasteiger partial charge on any atom is 0.254 e. The number of nitrogens with zero attached hydrogens (tertiary/aromatic N) is 5. The molecule has 8 nitrogen and oxygen atoms in total. The minimum absolute atomic E-state index is 0.399. The predicted molar refractivity (Wildman–Crippen MR) is 98.7 cm³/mol. The predicted octanol–water partition coefficient (Wildman–Crippen LogP) is 3.15. The zero-order valence-electron chi connectivity index (χ0n) is 14.1. The highest BCUT2D eigenvalue weighted by molar-refractivity contribution is 5.61. The molecule has 2 N–H and O–H groups in total. The van der Waals surface area contributed by atoms with E-state index in [-0.39, 0.29) is 0 Å². The van der Waals surface area contributed by atoms with Crippen molar-refractivity contribution in [2.24, 2.45) is 0 Å². The lowest BCUT2D eigenvalue weighted by Gasteiger charge is -2.10. The van der Waals surface area contributed by atoms with Crippen molar-refractivity contribution >= 4 is 28.8 Å². The molecule has 0 spiro atoms. The van der Waals surface area contributed by atoms with Crippen LogP contribution in [0.25, 0.3) is 5.78 Å². The molecule has 0 saturated carbocycles. The second-order valence-corrected chi connectivity index (χ2v) is 5.59. The highest BCUT2D eigenvalue weighted by Gasteiger charge is 2.08. The van der Waals surface area contributed by atoms with Gasteiger partial charge in [-0.1, -0.05) is 18.2 Å². The lowest BCUT2D eigenvalue weighted by Crippen LogP contribution is -2.05. The maximum absolute atomic E-state index is 5.16. The van der Waals surface area contributed by atoms with Crippen LogP contribution in [0.1, 0.15) is 5.69 Å². The van der Waals surface area contributed by atoms with Crippen molar-refractivity contribution in [3.05, 3.63) is 66.7 Å². The number of aromatic nitrogens is 5. The number of para-hydroxylation sites is 1. The Morgan fingerprint density at radius 2 is 1.88 bits per heavy atom. The molecule has 0 unspecified atom stereocenters. The Bertz CT molecular complexity index is 999. The fourth-order valence-corrected chi connectivity index (χ4v) is 2.53. The molecule has 0 amide bonds. The second kappa shape index (κ2) is 7.16. The van der Waals surface area contributed by atoms with E-state index >= 15 is 0 Å². The molecule has 0 aliphatic carbocycles. The van der Waals surface area contributed by atoms with E-state index < -0.39 is 0 Å². The summed E-state index contributed by atoms with van der Waals surface area (Å²) in [5.74, 6) is 2.02. The average Bonchev–Trinajstić information content (AvgIpc) is 3.13. The molecule has 130 valence electrons. The molecule has 4 rings (SSSR count). The molecule has 0 radical (unpaired) electrons. The molecule has 0 fully saturated rings. The number of hydrogen-bond donors (Lipinski definition) is 2. The largest absolute Gasteiger partial charge is 0.378 e. The van der Waals surface area contributed by atoms with Crippen LogP contribution in [0.4, 0.5) is 23.0 Å². The van der Waals surface area contributed by atoms with E-state index in [1.54, 1.807) is 17.8 Å². The standard InChI is InChI=1S/C18H17N7O/c1-26-11-15-9-17(25-18(24-15)20-12-21-25)23-14-7-8-16(19-10-14)22-13-5-3-2-4-6-13/h2-10,12,23H,11H2,1H3,(H,19,22). The number of methoxy groups -OCH3 is 1. The molecule has 8 heteroatoms. The molecule has 0 atom stereocenters. The molecule has 0 aliphatic heterocycles. The van der Waals surface area contributed by atoms with E-state index in [9.17, 15) is 0 Å². The fraction of sp³-hybridized carbons (Fsp3) is 0.111. The van der Waals surface area contributed by atoms with Gasteiger partial charge >= 0.3 is 0 Å². The summed E-state index contributed by atoms with van der Waals surface area (Å²) in [6, 6.07) is 15.6. The minimum atomic E-state index is 0.399. The first kappa shape index (κ1) is 16.0. The summed E-state index contributed by atoms with van der Waals surface area (Å²) in [6.45, 7) is 0.399. The van der Waals surface area contributed by atoms with Gasteiger partial charge in [0, 0.05) is 18.9 Å². The van der Waals surface area contributed by atoms with Gasteiger partial charge in [0.25, 0.3) is 5.78 Å². The fourth-order valence-electron chi connectivity index (χ4n) is 2.53. The van der Waals surface area contributed by atoms with Crippen molar-refractivity contribution in [2.45, 2.75) is 6.61 Å². The minimum Gasteiger partial charge on any atom is -0.378 e. The maximum atomic E-state index is 5.16. The van der Waals surface area contributed by atoms with Crippen LogP contribution >= 0.6 is 0 Å². The van der Waals surface area contributed by atoms with Gasteiger partial charge in [0.05, 0.1) is 24.2 Å². The van der Waals surface area contributed by atoms with Crippen molar-refractivity contribution in [1.82, 2.24) is 24.6 Å². The molecule has 3 aromatic heterocycles. The smallest absolute Gasteiger partial charge is 0.254 e. The number of benzene rings is 1. The second-order valence-electron chi connectivity index (χ2n) is 5.59. The SMILES string of the molecule is COCc1cc(Nc2ccc(Nc3ccccc3)nc2)n2ncnc2n1. The third-order valence-corrected chi connectivity index (χ3v) is 3.68. The summed E-state index contributed by atoms with van der Waals surface area (Å²) in [7, 11) is 1.63. The zero-order chi connectivity index (χ0) is 17.8. The van der Waals surface area contributed by atoms with E-state index in [4.69, 9.17) is 4.74 Å². The van der Waals surface area contributed by atoms with Crippen LogP contribution in [0.2, 0.25) is 0 Å². The first-order chi connectivity index (χ1) is 12.8. The zero-order valence-corrected chi connectivity index (χ0v) is 14.1. The number of hydrogen-bond acceptors (Lipinski definition) is 7. The third-order valence-electron chi connectivity index (χ3n) is 3.68. The summed E-state index contributed by atoms with van der Waals surface area (Å²) in [6.07, 6.45) is 3.22. The van der Waals surface area contributed by atoms with Crippen LogP contribution in [-0.2, 0) is 11.3 Å². The Morgan fingerprint density at radius 1 is 1.00 bits per heavy atom. The normalized spacial score (nSPS) is 10.8. The van der Waals surface area contributed by atoms with Gasteiger partial charge in [0.15, 0.2) is 0 Å². The van der Waals surface area contributed by atoms with Gasteiger partial charge in [0.2, 0.25) is 0 Å². The van der Waals surface area contributed by atoms with E-state index in [1.807, 2.05) is 48.5 Å². The van der Waals surface area contributed by atoms with Crippen LogP contribution in [0.3, 0.4) is 0 Å². The Morgan fingerprint density at radius 3 is 2.65 bits per heavy atom. The van der Waals surface area contributed by atoms with Crippen LogP contribution in [0.15, 0.2) is 61.1 Å². The number of pyridine rings is 1. The monoisotopic (exact) mass is 347 g/mol. The van der Waals surface area contributed by atoms with Gasteiger partial charge in [-0.2, -0.15) is 14.6 Å². The molecule has 1 aromatic carbocycles. The summed E-state index contributed by atoms with van der Waals surface area (Å²) in [5, 5.41) is 10.7. The number of rotatable bonds is 6. The molecule has 4 aromatic rings. The van der Waals surface area contributed by atoms with Gasteiger partial charge in [-0.15, -0.1) is 0 Å². The molecule has 0 bridgehead atoms. The van der Waals surface area contributed by atoms with Crippen molar-refractivity contribution in [1.29, 1.82) is 0 Å². The quantitative estimate of drug-likeness (QED) is 0.554. The molecule has 0 aliphatic rings. The van der Waals surface area contributed by atoms with Crippen molar-refractivity contribution in [3.63, 3.8) is 0 Å². The Kier molecular flexibility index (Phi) is 4.40. The van der Waals surface area contributed by atoms with Crippen molar-refractivity contribution in [3.8, 4) is 0 Å². The van der Waals surface area contributed by atoms with Crippen LogP contribution in [0, 0.1) is 0 Å². The van der Waals surface area contributed by atoms with Gasteiger partial charge in [-0.05, 0) is 24.3 Å². The first-order valence-electron chi connectivity index (χ1n) is 8.05. The summed E-state index contributed by atoms with van der Waals surface area (Å²) >= 11 is 0. The summed E-state index contributed by atoms with van der Waals surface area (Å²) < 4.78 is 6.80. The van der Waals surface area contributed by atoms with E-state index in [0.29, 0.717) is 12.4 Å². The van der Waals surface area contributed by atoms with Gasteiger partial charge in [0.1, 0.15) is 18.0 Å². The van der Waals surface area contributed by atoms with Crippen molar-refractivity contribution < 1.29 is 4.74 Å². The number of ether oxygens (including phenoxy) is 1. The first-order valence-corrected chi connectivity index (χ1v) is 8.05. The molecular weight excluding hydrogens is 330 g/mol. The molecule has 3 heterocycles. The van der Waals surface area contributed by atoms with Crippen LogP contribution in [0.5, 0.6) is 0 Å². The van der Waals surface area contributed by atoms with Crippen LogP contribution in [-0.4, -0.2) is 31.7 Å². The molecule has 0 saturated heterocycles. The van der Waals surface area contributed by atoms with Crippen LogP contribution < -0.4 is 10.6 Å². The topological polar surface area (TPSA) is 89.3 Å². The van der Waals surface area contributed by atoms with Gasteiger partial charge in [-0.3, -0.25) is 0 Å². The van der Waals surface area contributed by atoms with Crippen molar-refractivity contribution in [2.75, 3.05) is 17.7 Å². The third kappa shape index (κ3) is 3.45. The summed E-state index contributed by atoms with van der Waals surface area (Å²) in [5.41, 5.74) is 2.59. The van der Waals surface area contributed by atoms with Gasteiger partial charge < -0.3 is 15.4 Å². The number of anilines is 4. The highest BCUT2D eigenvalue weighted by atomic mass is 16.5. The summed E-state index contributed by atoms with van der Waals surface area (Å²) in [4.78, 5) is 13.0. The number of nitrogens with one attached hydrogen (secondary N) is 2. The van der Waals surface area contributed by atoms with Gasteiger partial charge in [-0.25, -0.2) is 9.97 Å². The molecule has 26 heavy (non-hydrogen) atoms. The van der Waals surface area contributed by atoms with E-state index in [1.165, 1.54) is 6.33 Å². The average molecular weight is 347 g/mol. The van der Waals surface area contributed by atoms with E-state index in [2.05, 4.69) is 30.7 Å². The molecular formula is C18H17N7O. The Labute approximate surface area is 149 Å². The Balaban J connectivity index is 1.55. The highest BCUT2D eigenvalue weighted by Crippen LogP contribution is 2.20. The lowest BCUT2D eigenvalue weighted by atomic mass is 10.3. The number of fused-ring (bicyclic) bond motifs is 1. The van der Waals surface area contributed by atoms with E-state index in [0.717, 1.165) is 28.7 Å². The Hall–Kier alpha value is -3.52. The lowest BCUT2D eigenvalue weighted by molar-refractivity contribution is 0.181.